The number of halogens is 1. The molecule has 6 heteroatoms. The fraction of sp³-hybridized carbons (Fsp3) is 0. The molecule has 0 bridgehead atoms. The molecule has 5 nitrogen and oxygen atoms in total. The van der Waals surface area contributed by atoms with Crippen molar-refractivity contribution in [3.63, 3.8) is 0 Å². The summed E-state index contributed by atoms with van der Waals surface area (Å²) >= 11 is 5.83. The van der Waals surface area contributed by atoms with Crippen molar-refractivity contribution >= 4 is 17.2 Å². The molecule has 0 fully saturated rings. The van der Waals surface area contributed by atoms with E-state index in [1.807, 2.05) is 12.1 Å². The number of fused-ring (bicyclic) bond motifs is 1. The normalized spacial score (nSPS) is 10.9. The van der Waals surface area contributed by atoms with Gasteiger partial charge in [0.15, 0.2) is 5.65 Å². The van der Waals surface area contributed by atoms with Crippen LogP contribution in [0.3, 0.4) is 0 Å². The van der Waals surface area contributed by atoms with Crippen LogP contribution in [-0.2, 0) is 0 Å². The number of nitrogens with zero attached hydrogens (tertiary/aromatic N) is 3. The highest BCUT2D eigenvalue weighted by Gasteiger charge is 2.12. The lowest BCUT2D eigenvalue weighted by Gasteiger charge is -2.01. The van der Waals surface area contributed by atoms with Gasteiger partial charge >= 0.3 is 0 Å². The molecule has 2 aromatic heterocycles. The molecule has 3 rings (SSSR count). The quantitative estimate of drug-likeness (QED) is 0.706. The summed E-state index contributed by atoms with van der Waals surface area (Å²) in [7, 11) is 0. The van der Waals surface area contributed by atoms with E-state index in [-0.39, 0.29) is 11.8 Å². The van der Waals surface area contributed by atoms with Gasteiger partial charge in [0, 0.05) is 10.6 Å². The minimum absolute atomic E-state index is 0.169. The average molecular weight is 262 g/mol. The van der Waals surface area contributed by atoms with Crippen LogP contribution in [0.4, 0.5) is 0 Å². The Kier molecular flexibility index (Phi) is 2.34. The van der Waals surface area contributed by atoms with Crippen LogP contribution in [0.1, 0.15) is 0 Å². The minimum atomic E-state index is -0.254. The van der Waals surface area contributed by atoms with Gasteiger partial charge in [0.2, 0.25) is 11.8 Å². The monoisotopic (exact) mass is 261 g/mol. The summed E-state index contributed by atoms with van der Waals surface area (Å²) in [4.78, 5) is 3.96. The van der Waals surface area contributed by atoms with Crippen molar-refractivity contribution in [3.8, 4) is 22.9 Å². The molecule has 90 valence electrons. The fourth-order valence-corrected chi connectivity index (χ4v) is 1.89. The van der Waals surface area contributed by atoms with E-state index in [9.17, 15) is 10.2 Å². The van der Waals surface area contributed by atoms with Gasteiger partial charge < -0.3 is 10.2 Å². The Morgan fingerprint density at radius 3 is 2.56 bits per heavy atom. The molecule has 3 aromatic rings. The van der Waals surface area contributed by atoms with E-state index in [1.165, 1.54) is 4.52 Å². The molecular formula is C12H8ClN3O2. The van der Waals surface area contributed by atoms with E-state index >= 15 is 0 Å². The van der Waals surface area contributed by atoms with Crippen LogP contribution in [0.5, 0.6) is 11.8 Å². The lowest BCUT2D eigenvalue weighted by atomic mass is 10.1. The van der Waals surface area contributed by atoms with Crippen LogP contribution >= 0.6 is 11.6 Å². The third-order valence-electron chi connectivity index (χ3n) is 2.59. The van der Waals surface area contributed by atoms with E-state index in [1.54, 1.807) is 18.3 Å². The predicted molar refractivity (Wildman–Crippen MR) is 66.8 cm³/mol. The molecule has 2 heterocycles. The fourth-order valence-electron chi connectivity index (χ4n) is 1.77. The highest BCUT2D eigenvalue weighted by molar-refractivity contribution is 6.30. The van der Waals surface area contributed by atoms with Crippen molar-refractivity contribution in [2.24, 2.45) is 0 Å². The minimum Gasteiger partial charge on any atom is -0.493 e. The maximum atomic E-state index is 9.64. The lowest BCUT2D eigenvalue weighted by Crippen LogP contribution is -1.91. The molecule has 0 aliphatic heterocycles. The first-order valence-corrected chi connectivity index (χ1v) is 5.55. The van der Waals surface area contributed by atoms with Gasteiger partial charge in [-0.1, -0.05) is 23.7 Å². The van der Waals surface area contributed by atoms with Crippen molar-refractivity contribution in [1.82, 2.24) is 14.6 Å². The molecule has 0 unspecified atom stereocenters. The number of aromatic hydroxyl groups is 2. The zero-order chi connectivity index (χ0) is 12.7. The van der Waals surface area contributed by atoms with Gasteiger partial charge in [0.1, 0.15) is 0 Å². The Bertz CT molecular complexity index is 722. The van der Waals surface area contributed by atoms with Gasteiger partial charge in [-0.05, 0) is 17.7 Å². The molecule has 1 aromatic carbocycles. The zero-order valence-corrected chi connectivity index (χ0v) is 9.83. The molecule has 2 N–H and O–H groups in total. The highest BCUT2D eigenvalue weighted by atomic mass is 35.5. The first-order valence-electron chi connectivity index (χ1n) is 5.18. The van der Waals surface area contributed by atoms with Crippen molar-refractivity contribution < 1.29 is 10.2 Å². The second-order valence-corrected chi connectivity index (χ2v) is 4.21. The second kappa shape index (κ2) is 3.89. The third kappa shape index (κ3) is 1.65. The zero-order valence-electron chi connectivity index (χ0n) is 9.08. The van der Waals surface area contributed by atoms with Crippen LogP contribution in [-0.4, -0.2) is 24.8 Å². The third-order valence-corrected chi connectivity index (χ3v) is 2.85. The summed E-state index contributed by atoms with van der Waals surface area (Å²) in [5, 5.41) is 23.7. The molecule has 0 amide bonds. The van der Waals surface area contributed by atoms with Crippen LogP contribution in [0, 0.1) is 0 Å². The van der Waals surface area contributed by atoms with Gasteiger partial charge in [-0.2, -0.15) is 14.6 Å². The Morgan fingerprint density at radius 2 is 1.83 bits per heavy atom. The molecule has 0 saturated carbocycles. The average Bonchev–Trinajstić information content (AvgIpc) is 2.74. The molecule has 0 atom stereocenters. The Balaban J connectivity index is 2.27. The van der Waals surface area contributed by atoms with Gasteiger partial charge in [-0.15, -0.1) is 0 Å². The predicted octanol–water partition coefficient (Wildman–Crippen LogP) is 2.46. The molecule has 18 heavy (non-hydrogen) atoms. The van der Waals surface area contributed by atoms with Crippen LogP contribution < -0.4 is 0 Å². The molecular weight excluding hydrogens is 254 g/mol. The topological polar surface area (TPSA) is 70.7 Å². The molecule has 0 spiro atoms. The van der Waals surface area contributed by atoms with Crippen molar-refractivity contribution in [3.05, 3.63) is 41.6 Å². The highest BCUT2D eigenvalue weighted by Crippen LogP contribution is 2.28. The van der Waals surface area contributed by atoms with E-state index in [0.29, 0.717) is 16.2 Å². The Morgan fingerprint density at radius 1 is 1.11 bits per heavy atom. The van der Waals surface area contributed by atoms with Gasteiger partial charge in [0.05, 0.1) is 12.3 Å². The number of aromatic nitrogens is 3. The summed E-state index contributed by atoms with van der Waals surface area (Å²) in [6, 6.07) is 8.28. The number of benzene rings is 1. The maximum absolute atomic E-state index is 9.64. The Hall–Kier alpha value is -2.27. The van der Waals surface area contributed by atoms with E-state index in [2.05, 4.69) is 10.1 Å². The van der Waals surface area contributed by atoms with Crippen molar-refractivity contribution in [2.45, 2.75) is 0 Å². The van der Waals surface area contributed by atoms with E-state index in [4.69, 9.17) is 11.6 Å². The second-order valence-electron chi connectivity index (χ2n) is 3.77. The summed E-state index contributed by atoms with van der Waals surface area (Å²) in [5.74, 6) is -0.423. The number of hydrogen-bond donors (Lipinski definition) is 2. The number of hydrogen-bond acceptors (Lipinski definition) is 4. The summed E-state index contributed by atoms with van der Waals surface area (Å²) in [6.07, 6.45) is 1.57. The van der Waals surface area contributed by atoms with Crippen molar-refractivity contribution in [2.75, 3.05) is 0 Å². The standard InChI is InChI=1S/C12H8ClN3O2/c13-8-3-1-7(2-4-8)9-6-14-16-11(18)5-10(17)15-12(9)16/h1-6,18H,(H,15,17). The van der Waals surface area contributed by atoms with Crippen molar-refractivity contribution in [1.29, 1.82) is 0 Å². The molecule has 0 aliphatic rings. The van der Waals surface area contributed by atoms with Gasteiger partial charge in [-0.3, -0.25) is 0 Å². The Labute approximate surface area is 107 Å². The van der Waals surface area contributed by atoms with Crippen LogP contribution in [0.15, 0.2) is 36.5 Å². The summed E-state index contributed by atoms with van der Waals surface area (Å²) < 4.78 is 1.25. The maximum Gasteiger partial charge on any atom is 0.219 e. The largest absolute Gasteiger partial charge is 0.493 e. The van der Waals surface area contributed by atoms with E-state index < -0.39 is 0 Å². The number of rotatable bonds is 1. The SMILES string of the molecule is Oc1cc(O)n2ncc(-c3ccc(Cl)cc3)c2n1. The molecule has 0 aliphatic carbocycles. The van der Waals surface area contributed by atoms with Crippen LogP contribution in [0.25, 0.3) is 16.8 Å². The molecule has 0 saturated heterocycles. The molecule has 0 radical (unpaired) electrons. The van der Waals surface area contributed by atoms with Gasteiger partial charge in [0.25, 0.3) is 0 Å². The van der Waals surface area contributed by atoms with Crippen LogP contribution in [0.2, 0.25) is 5.02 Å². The lowest BCUT2D eigenvalue weighted by molar-refractivity contribution is 0.412. The summed E-state index contributed by atoms with van der Waals surface area (Å²) in [6.45, 7) is 0. The van der Waals surface area contributed by atoms with Gasteiger partial charge in [-0.25, -0.2) is 0 Å². The summed E-state index contributed by atoms with van der Waals surface area (Å²) in [5.41, 5.74) is 1.94. The first kappa shape index (κ1) is 10.9. The first-order chi connectivity index (χ1) is 8.65. The van der Waals surface area contributed by atoms with E-state index in [0.717, 1.165) is 11.6 Å². The smallest absolute Gasteiger partial charge is 0.219 e.